The SMILES string of the molecule is COc1ccccc1NC(=O)CN1CCCC(C(C)=O)C1. The van der Waals surface area contributed by atoms with Crippen molar-refractivity contribution in [1.29, 1.82) is 0 Å². The zero-order valence-corrected chi connectivity index (χ0v) is 12.6. The number of carbonyl (C=O) groups excluding carboxylic acids is 2. The number of rotatable bonds is 5. The summed E-state index contributed by atoms with van der Waals surface area (Å²) >= 11 is 0. The molecule has 2 rings (SSSR count). The van der Waals surface area contributed by atoms with Gasteiger partial charge in [0.15, 0.2) is 0 Å². The number of carbonyl (C=O) groups is 2. The largest absolute Gasteiger partial charge is 0.495 e. The maximum Gasteiger partial charge on any atom is 0.238 e. The Morgan fingerprint density at radius 1 is 1.38 bits per heavy atom. The molecule has 1 saturated heterocycles. The van der Waals surface area contributed by atoms with Gasteiger partial charge in [-0.1, -0.05) is 12.1 Å². The number of ketones is 1. The van der Waals surface area contributed by atoms with Crippen molar-refractivity contribution < 1.29 is 14.3 Å². The molecule has 0 aromatic heterocycles. The van der Waals surface area contributed by atoms with Crippen molar-refractivity contribution in [3.05, 3.63) is 24.3 Å². The minimum atomic E-state index is -0.0799. The molecule has 1 amide bonds. The second-order valence-corrected chi connectivity index (χ2v) is 5.43. The van der Waals surface area contributed by atoms with Crippen LogP contribution in [0.5, 0.6) is 5.75 Å². The number of nitrogens with zero attached hydrogens (tertiary/aromatic N) is 1. The Kier molecular flexibility index (Phi) is 5.33. The van der Waals surface area contributed by atoms with E-state index in [4.69, 9.17) is 4.74 Å². The Morgan fingerprint density at radius 3 is 2.86 bits per heavy atom. The molecule has 5 heteroatoms. The summed E-state index contributed by atoms with van der Waals surface area (Å²) in [7, 11) is 1.58. The number of piperidine rings is 1. The van der Waals surface area contributed by atoms with E-state index in [-0.39, 0.29) is 17.6 Å². The van der Waals surface area contributed by atoms with Gasteiger partial charge < -0.3 is 10.1 Å². The van der Waals surface area contributed by atoms with Gasteiger partial charge in [0.25, 0.3) is 0 Å². The first kappa shape index (κ1) is 15.5. The second kappa shape index (κ2) is 7.22. The van der Waals surface area contributed by atoms with Gasteiger partial charge in [-0.3, -0.25) is 14.5 Å². The summed E-state index contributed by atoms with van der Waals surface area (Å²) in [5.41, 5.74) is 0.671. The molecule has 1 aromatic rings. The van der Waals surface area contributed by atoms with Gasteiger partial charge in [0.2, 0.25) is 5.91 Å². The highest BCUT2D eigenvalue weighted by Gasteiger charge is 2.24. The molecule has 0 radical (unpaired) electrons. The highest BCUT2D eigenvalue weighted by atomic mass is 16.5. The molecule has 1 fully saturated rings. The highest BCUT2D eigenvalue weighted by Crippen LogP contribution is 2.23. The molecule has 1 N–H and O–H groups in total. The molecule has 1 atom stereocenters. The average Bonchev–Trinajstić information content (AvgIpc) is 2.48. The molecule has 114 valence electrons. The van der Waals surface area contributed by atoms with Crippen LogP contribution in [-0.2, 0) is 9.59 Å². The van der Waals surface area contributed by atoms with Gasteiger partial charge in [0.1, 0.15) is 11.5 Å². The number of benzene rings is 1. The molecule has 0 aliphatic carbocycles. The number of para-hydroxylation sites is 2. The van der Waals surface area contributed by atoms with Crippen LogP contribution in [0.4, 0.5) is 5.69 Å². The summed E-state index contributed by atoms with van der Waals surface area (Å²) in [5, 5.41) is 2.86. The van der Waals surface area contributed by atoms with Crippen LogP contribution in [0.3, 0.4) is 0 Å². The van der Waals surface area contributed by atoms with E-state index in [9.17, 15) is 9.59 Å². The van der Waals surface area contributed by atoms with E-state index in [1.54, 1.807) is 14.0 Å². The van der Waals surface area contributed by atoms with Crippen molar-refractivity contribution in [2.75, 3.05) is 32.1 Å². The number of ether oxygens (including phenoxy) is 1. The number of Topliss-reactive ketones (excluding diaryl/α,β-unsaturated/α-hetero) is 1. The third kappa shape index (κ3) is 4.29. The molecule has 1 aromatic carbocycles. The van der Waals surface area contributed by atoms with Gasteiger partial charge >= 0.3 is 0 Å². The zero-order valence-electron chi connectivity index (χ0n) is 12.6. The van der Waals surface area contributed by atoms with Crippen LogP contribution in [0.25, 0.3) is 0 Å². The molecule has 0 saturated carbocycles. The fraction of sp³-hybridized carbons (Fsp3) is 0.500. The minimum Gasteiger partial charge on any atom is -0.495 e. The number of nitrogens with one attached hydrogen (secondary N) is 1. The Balaban J connectivity index is 1.91. The van der Waals surface area contributed by atoms with E-state index in [2.05, 4.69) is 5.32 Å². The molecule has 1 aliphatic rings. The van der Waals surface area contributed by atoms with Crippen LogP contribution in [0.1, 0.15) is 19.8 Å². The molecule has 0 bridgehead atoms. The number of amides is 1. The van der Waals surface area contributed by atoms with E-state index >= 15 is 0 Å². The maximum atomic E-state index is 12.1. The number of methoxy groups -OCH3 is 1. The number of likely N-dealkylation sites (tertiary alicyclic amines) is 1. The van der Waals surface area contributed by atoms with Crippen LogP contribution in [0.2, 0.25) is 0 Å². The van der Waals surface area contributed by atoms with Crippen LogP contribution in [-0.4, -0.2) is 43.3 Å². The van der Waals surface area contributed by atoms with Crippen LogP contribution in [0, 0.1) is 5.92 Å². The van der Waals surface area contributed by atoms with Crippen molar-refractivity contribution in [2.24, 2.45) is 5.92 Å². The fourth-order valence-electron chi connectivity index (χ4n) is 2.67. The summed E-state index contributed by atoms with van der Waals surface area (Å²) in [6.07, 6.45) is 1.89. The van der Waals surface area contributed by atoms with Gasteiger partial charge in [-0.15, -0.1) is 0 Å². The first-order valence-corrected chi connectivity index (χ1v) is 7.26. The standard InChI is InChI=1S/C16H22N2O3/c1-12(19)13-6-5-9-18(10-13)11-16(20)17-14-7-3-4-8-15(14)21-2/h3-4,7-8,13H,5-6,9-11H2,1-2H3,(H,17,20). The van der Waals surface area contributed by atoms with E-state index in [0.717, 1.165) is 19.4 Å². The normalized spacial score (nSPS) is 19.0. The van der Waals surface area contributed by atoms with E-state index < -0.39 is 0 Å². The number of hydrogen-bond acceptors (Lipinski definition) is 4. The Labute approximate surface area is 125 Å². The molecule has 5 nitrogen and oxygen atoms in total. The Morgan fingerprint density at radius 2 is 2.14 bits per heavy atom. The lowest BCUT2D eigenvalue weighted by atomic mass is 9.95. The van der Waals surface area contributed by atoms with Gasteiger partial charge in [-0.25, -0.2) is 0 Å². The van der Waals surface area contributed by atoms with Crippen molar-refractivity contribution in [3.63, 3.8) is 0 Å². The summed E-state index contributed by atoms with van der Waals surface area (Å²) in [6, 6.07) is 7.33. The van der Waals surface area contributed by atoms with E-state index in [1.165, 1.54) is 0 Å². The molecule has 1 aliphatic heterocycles. The van der Waals surface area contributed by atoms with Crippen LogP contribution in [0.15, 0.2) is 24.3 Å². The molecular weight excluding hydrogens is 268 g/mol. The van der Waals surface area contributed by atoms with Crippen molar-refractivity contribution in [3.8, 4) is 5.75 Å². The molecule has 1 heterocycles. The summed E-state index contributed by atoms with van der Waals surface area (Å²) < 4.78 is 5.21. The minimum absolute atomic E-state index is 0.0674. The van der Waals surface area contributed by atoms with Crippen LogP contribution >= 0.6 is 0 Å². The summed E-state index contributed by atoms with van der Waals surface area (Å²) in [6.45, 7) is 3.47. The molecular formula is C16H22N2O3. The van der Waals surface area contributed by atoms with Gasteiger partial charge in [0, 0.05) is 12.5 Å². The zero-order chi connectivity index (χ0) is 15.2. The lowest BCUT2D eigenvalue weighted by Crippen LogP contribution is -2.42. The summed E-state index contributed by atoms with van der Waals surface area (Å²) in [4.78, 5) is 25.6. The third-order valence-electron chi connectivity index (χ3n) is 3.83. The van der Waals surface area contributed by atoms with Crippen molar-refractivity contribution >= 4 is 17.4 Å². The average molecular weight is 290 g/mol. The Hall–Kier alpha value is -1.88. The molecule has 21 heavy (non-hydrogen) atoms. The lowest BCUT2D eigenvalue weighted by Gasteiger charge is -2.30. The first-order chi connectivity index (χ1) is 10.1. The monoisotopic (exact) mass is 290 g/mol. The molecule has 0 spiro atoms. The van der Waals surface area contributed by atoms with Crippen LogP contribution < -0.4 is 10.1 Å². The predicted octanol–water partition coefficient (Wildman–Crippen LogP) is 1.93. The quantitative estimate of drug-likeness (QED) is 0.900. The maximum absolute atomic E-state index is 12.1. The van der Waals surface area contributed by atoms with E-state index in [0.29, 0.717) is 24.5 Å². The first-order valence-electron chi connectivity index (χ1n) is 7.26. The van der Waals surface area contributed by atoms with Gasteiger partial charge in [-0.2, -0.15) is 0 Å². The fourth-order valence-corrected chi connectivity index (χ4v) is 2.67. The lowest BCUT2D eigenvalue weighted by molar-refractivity contribution is -0.124. The smallest absolute Gasteiger partial charge is 0.238 e. The van der Waals surface area contributed by atoms with E-state index in [1.807, 2.05) is 29.2 Å². The Bertz CT molecular complexity index is 516. The number of hydrogen-bond donors (Lipinski definition) is 1. The van der Waals surface area contributed by atoms with Crippen molar-refractivity contribution in [1.82, 2.24) is 4.90 Å². The summed E-state index contributed by atoms with van der Waals surface area (Å²) in [5.74, 6) is 0.845. The second-order valence-electron chi connectivity index (χ2n) is 5.43. The highest BCUT2D eigenvalue weighted by molar-refractivity contribution is 5.93. The van der Waals surface area contributed by atoms with Crippen molar-refractivity contribution in [2.45, 2.75) is 19.8 Å². The topological polar surface area (TPSA) is 58.6 Å². The number of anilines is 1. The van der Waals surface area contributed by atoms with Gasteiger partial charge in [0.05, 0.1) is 19.3 Å². The van der Waals surface area contributed by atoms with Gasteiger partial charge in [-0.05, 0) is 38.4 Å². The molecule has 1 unspecified atom stereocenters. The predicted molar refractivity (Wildman–Crippen MR) is 81.5 cm³/mol. The third-order valence-corrected chi connectivity index (χ3v) is 3.83.